The van der Waals surface area contributed by atoms with Gasteiger partial charge in [0.1, 0.15) is 5.76 Å². The number of amides is 1. The predicted octanol–water partition coefficient (Wildman–Crippen LogP) is 1.32. The molecule has 2 aliphatic rings. The Bertz CT molecular complexity index is 514. The molecule has 0 aromatic carbocycles. The van der Waals surface area contributed by atoms with Gasteiger partial charge in [-0.3, -0.25) is 9.79 Å². The van der Waals surface area contributed by atoms with Crippen molar-refractivity contribution in [3.05, 3.63) is 24.2 Å². The molecule has 1 aromatic rings. The minimum atomic E-state index is 0. The lowest BCUT2D eigenvalue weighted by Gasteiger charge is -2.36. The van der Waals surface area contributed by atoms with Crippen molar-refractivity contribution in [3.63, 3.8) is 0 Å². The molecular weight excluding hydrogens is 395 g/mol. The number of nitrogens with zero attached hydrogens (tertiary/aromatic N) is 3. The van der Waals surface area contributed by atoms with Crippen LogP contribution in [0, 0.1) is 0 Å². The van der Waals surface area contributed by atoms with Gasteiger partial charge < -0.3 is 19.5 Å². The van der Waals surface area contributed by atoms with Gasteiger partial charge in [-0.2, -0.15) is 0 Å². The Morgan fingerprint density at radius 1 is 1.45 bits per heavy atom. The van der Waals surface area contributed by atoms with Gasteiger partial charge in [0.25, 0.3) is 0 Å². The maximum Gasteiger partial charge on any atom is 0.242 e. The highest BCUT2D eigenvalue weighted by atomic mass is 127. The number of piperazine rings is 1. The summed E-state index contributed by atoms with van der Waals surface area (Å²) >= 11 is 0. The maximum absolute atomic E-state index is 12.2. The maximum atomic E-state index is 12.2. The molecule has 0 atom stereocenters. The summed E-state index contributed by atoms with van der Waals surface area (Å²) in [6.45, 7) is 2.83. The molecule has 0 radical (unpaired) electrons. The van der Waals surface area contributed by atoms with Crippen LogP contribution in [0.25, 0.3) is 0 Å². The Morgan fingerprint density at radius 2 is 2.27 bits per heavy atom. The molecule has 1 aliphatic carbocycles. The minimum absolute atomic E-state index is 0. The van der Waals surface area contributed by atoms with Crippen LogP contribution in [-0.4, -0.2) is 60.9 Å². The van der Waals surface area contributed by atoms with Crippen molar-refractivity contribution in [1.82, 2.24) is 15.1 Å². The molecular formula is C15H23IN4O2. The third-order valence-electron chi connectivity index (χ3n) is 3.99. The van der Waals surface area contributed by atoms with Crippen molar-refractivity contribution in [1.29, 1.82) is 0 Å². The Balaban J connectivity index is 0.00000176. The monoisotopic (exact) mass is 418 g/mol. The Morgan fingerprint density at radius 3 is 2.86 bits per heavy atom. The Kier molecular flexibility index (Phi) is 6.10. The summed E-state index contributed by atoms with van der Waals surface area (Å²) < 4.78 is 5.30. The molecule has 2 heterocycles. The van der Waals surface area contributed by atoms with E-state index in [9.17, 15) is 4.79 Å². The number of halogens is 1. The fraction of sp³-hybridized carbons (Fsp3) is 0.600. The summed E-state index contributed by atoms with van der Waals surface area (Å²) in [4.78, 5) is 20.5. The number of carbonyl (C=O) groups excluding carboxylic acids is 1. The third kappa shape index (κ3) is 4.15. The number of hydrogen-bond donors (Lipinski definition) is 1. The van der Waals surface area contributed by atoms with Gasteiger partial charge in [-0.15, -0.1) is 24.0 Å². The second-order valence-corrected chi connectivity index (χ2v) is 5.54. The van der Waals surface area contributed by atoms with E-state index < -0.39 is 0 Å². The lowest BCUT2D eigenvalue weighted by molar-refractivity contribution is -0.135. The molecule has 1 aliphatic heterocycles. The summed E-state index contributed by atoms with van der Waals surface area (Å²) in [5.74, 6) is 1.97. The molecule has 3 rings (SSSR count). The summed E-state index contributed by atoms with van der Waals surface area (Å²) in [7, 11) is 1.76. The number of nitrogens with one attached hydrogen (secondary N) is 1. The minimum Gasteiger partial charge on any atom is -0.469 e. The highest BCUT2D eigenvalue weighted by Crippen LogP contribution is 2.27. The van der Waals surface area contributed by atoms with Crippen LogP contribution in [0.2, 0.25) is 0 Å². The van der Waals surface area contributed by atoms with Crippen molar-refractivity contribution < 1.29 is 9.21 Å². The highest BCUT2D eigenvalue weighted by Gasteiger charge is 2.36. The largest absolute Gasteiger partial charge is 0.469 e. The van der Waals surface area contributed by atoms with Gasteiger partial charge in [0.15, 0.2) is 5.96 Å². The van der Waals surface area contributed by atoms with Crippen molar-refractivity contribution in [2.24, 2.45) is 4.99 Å². The van der Waals surface area contributed by atoms with Crippen LogP contribution in [0.15, 0.2) is 27.8 Å². The van der Waals surface area contributed by atoms with Crippen LogP contribution in [0.4, 0.5) is 0 Å². The molecule has 2 fully saturated rings. The zero-order valence-electron chi connectivity index (χ0n) is 12.8. The number of rotatable bonds is 4. The lowest BCUT2D eigenvalue weighted by atomic mass is 10.3. The van der Waals surface area contributed by atoms with Gasteiger partial charge in [0, 0.05) is 39.1 Å². The fourth-order valence-electron chi connectivity index (χ4n) is 2.72. The smallest absolute Gasteiger partial charge is 0.242 e. The summed E-state index contributed by atoms with van der Waals surface area (Å²) in [6.07, 6.45) is 4.83. The van der Waals surface area contributed by atoms with Crippen LogP contribution in [-0.2, 0) is 11.2 Å². The number of hydrogen-bond acceptors (Lipinski definition) is 3. The van der Waals surface area contributed by atoms with E-state index in [1.165, 1.54) is 12.8 Å². The van der Waals surface area contributed by atoms with Crippen molar-refractivity contribution in [3.8, 4) is 0 Å². The normalized spacial score (nSPS) is 19.1. The molecule has 1 aromatic heterocycles. The van der Waals surface area contributed by atoms with E-state index in [1.54, 1.807) is 13.3 Å². The first-order chi connectivity index (χ1) is 10.3. The van der Waals surface area contributed by atoms with Crippen LogP contribution in [0.3, 0.4) is 0 Å². The van der Waals surface area contributed by atoms with E-state index in [2.05, 4.69) is 10.3 Å². The summed E-state index contributed by atoms with van der Waals surface area (Å²) in [5.41, 5.74) is 0. The predicted molar refractivity (Wildman–Crippen MR) is 95.5 cm³/mol. The van der Waals surface area contributed by atoms with Crippen LogP contribution in [0.1, 0.15) is 18.6 Å². The van der Waals surface area contributed by atoms with Crippen molar-refractivity contribution in [2.75, 3.05) is 33.2 Å². The van der Waals surface area contributed by atoms with Crippen LogP contribution in [0.5, 0.6) is 0 Å². The van der Waals surface area contributed by atoms with E-state index in [4.69, 9.17) is 4.42 Å². The first-order valence-corrected chi connectivity index (χ1v) is 7.55. The van der Waals surface area contributed by atoms with Gasteiger partial charge in [-0.25, -0.2) is 0 Å². The van der Waals surface area contributed by atoms with Gasteiger partial charge in [-0.1, -0.05) is 0 Å². The standard InChI is InChI=1S/C15H22N4O2.HI/c1-16-15(17-7-6-13-3-2-10-21-13)18-8-9-19(12-4-5-12)14(20)11-18;/h2-3,10,12H,4-9,11H2,1H3,(H,16,17);1H. The van der Waals surface area contributed by atoms with E-state index >= 15 is 0 Å². The number of guanidine groups is 1. The number of furan rings is 1. The van der Waals surface area contributed by atoms with E-state index in [0.717, 1.165) is 37.8 Å². The van der Waals surface area contributed by atoms with Gasteiger partial charge in [0.2, 0.25) is 5.91 Å². The Labute approximate surface area is 147 Å². The third-order valence-corrected chi connectivity index (χ3v) is 3.99. The molecule has 1 N–H and O–H groups in total. The summed E-state index contributed by atoms with van der Waals surface area (Å²) in [5, 5.41) is 3.30. The van der Waals surface area contributed by atoms with E-state index in [0.29, 0.717) is 12.6 Å². The first kappa shape index (κ1) is 17.1. The number of aliphatic imine (C=N–C) groups is 1. The summed E-state index contributed by atoms with van der Waals surface area (Å²) in [6, 6.07) is 4.36. The van der Waals surface area contributed by atoms with E-state index in [-0.39, 0.29) is 29.9 Å². The van der Waals surface area contributed by atoms with Crippen LogP contribution < -0.4 is 5.32 Å². The molecule has 1 saturated carbocycles. The van der Waals surface area contributed by atoms with E-state index in [1.807, 2.05) is 21.9 Å². The Hall–Kier alpha value is -1.25. The first-order valence-electron chi connectivity index (χ1n) is 7.55. The molecule has 122 valence electrons. The van der Waals surface area contributed by atoms with Crippen molar-refractivity contribution >= 4 is 35.8 Å². The quantitative estimate of drug-likeness (QED) is 0.455. The molecule has 7 heteroatoms. The number of carbonyl (C=O) groups is 1. The molecule has 0 unspecified atom stereocenters. The fourth-order valence-corrected chi connectivity index (χ4v) is 2.72. The van der Waals surface area contributed by atoms with Gasteiger partial charge >= 0.3 is 0 Å². The zero-order valence-corrected chi connectivity index (χ0v) is 15.2. The SMILES string of the molecule is CN=C(NCCc1ccco1)N1CCN(C2CC2)C(=O)C1.I. The molecule has 6 nitrogen and oxygen atoms in total. The highest BCUT2D eigenvalue weighted by molar-refractivity contribution is 14.0. The lowest BCUT2D eigenvalue weighted by Crippen LogP contribution is -2.55. The topological polar surface area (TPSA) is 61.1 Å². The second kappa shape index (κ2) is 7.85. The second-order valence-electron chi connectivity index (χ2n) is 5.54. The molecule has 22 heavy (non-hydrogen) atoms. The zero-order chi connectivity index (χ0) is 14.7. The molecule has 1 amide bonds. The average molecular weight is 418 g/mol. The van der Waals surface area contributed by atoms with Crippen molar-refractivity contribution in [2.45, 2.75) is 25.3 Å². The van der Waals surface area contributed by atoms with Gasteiger partial charge in [0.05, 0.1) is 12.8 Å². The van der Waals surface area contributed by atoms with Gasteiger partial charge in [-0.05, 0) is 25.0 Å². The average Bonchev–Trinajstić information content (AvgIpc) is 3.20. The molecule has 0 spiro atoms. The molecule has 1 saturated heterocycles. The van der Waals surface area contributed by atoms with Crippen LogP contribution >= 0.6 is 24.0 Å². The molecule has 0 bridgehead atoms.